The summed E-state index contributed by atoms with van der Waals surface area (Å²) in [5.74, 6) is -1.33. The quantitative estimate of drug-likeness (QED) is 0.464. The summed E-state index contributed by atoms with van der Waals surface area (Å²) >= 11 is 0. The van der Waals surface area contributed by atoms with E-state index in [2.05, 4.69) is 15.6 Å². The summed E-state index contributed by atoms with van der Waals surface area (Å²) in [5, 5.41) is 15.7. The summed E-state index contributed by atoms with van der Waals surface area (Å²) in [6, 6.07) is 15.0. The lowest BCUT2D eigenvalue weighted by Gasteiger charge is -2.14. The molecule has 4 rings (SSSR count). The van der Waals surface area contributed by atoms with Crippen LogP contribution in [0.5, 0.6) is 5.75 Å². The SMILES string of the molecule is O=C(NCC1CCc2nc(C(=O)NCc3ccc(F)cc3)c(O)c(=O)n2CC1)OCc1ccccc1. The molecule has 1 aliphatic rings. The molecule has 1 aliphatic heterocycles. The molecule has 2 aromatic carbocycles. The number of carbonyl (C=O) groups excluding carboxylic acids is 2. The van der Waals surface area contributed by atoms with Gasteiger partial charge in [0, 0.05) is 26.1 Å². The number of hydrogen-bond acceptors (Lipinski definition) is 6. The van der Waals surface area contributed by atoms with E-state index in [1.807, 2.05) is 30.3 Å². The maximum absolute atomic E-state index is 13.1. The van der Waals surface area contributed by atoms with Gasteiger partial charge in [-0.25, -0.2) is 14.2 Å². The lowest BCUT2D eigenvalue weighted by Crippen LogP contribution is -2.31. The van der Waals surface area contributed by atoms with Crippen molar-refractivity contribution in [2.24, 2.45) is 5.92 Å². The van der Waals surface area contributed by atoms with Crippen molar-refractivity contribution in [3.05, 3.63) is 93.4 Å². The Kier molecular flexibility index (Phi) is 7.94. The average molecular weight is 495 g/mol. The van der Waals surface area contributed by atoms with Gasteiger partial charge in [0.15, 0.2) is 5.69 Å². The number of alkyl carbamates (subject to hydrolysis) is 1. The molecule has 10 heteroatoms. The molecule has 0 fully saturated rings. The van der Waals surface area contributed by atoms with Gasteiger partial charge in [0.1, 0.15) is 18.2 Å². The zero-order chi connectivity index (χ0) is 25.5. The largest absolute Gasteiger partial charge is 0.501 e. The summed E-state index contributed by atoms with van der Waals surface area (Å²) in [7, 11) is 0. The van der Waals surface area contributed by atoms with Gasteiger partial charge in [0.05, 0.1) is 0 Å². The Morgan fingerprint density at radius 2 is 1.81 bits per heavy atom. The molecular formula is C26H27FN4O5. The molecule has 1 aromatic heterocycles. The van der Waals surface area contributed by atoms with Crippen molar-refractivity contribution >= 4 is 12.0 Å². The molecular weight excluding hydrogens is 467 g/mol. The van der Waals surface area contributed by atoms with Crippen LogP contribution in [0.15, 0.2) is 59.4 Å². The first kappa shape index (κ1) is 24.9. The summed E-state index contributed by atoms with van der Waals surface area (Å²) in [6.45, 7) is 0.936. The second-order valence-electron chi connectivity index (χ2n) is 8.63. The lowest BCUT2D eigenvalue weighted by molar-refractivity contribution is 0.0941. The second-order valence-corrected chi connectivity index (χ2v) is 8.63. The maximum Gasteiger partial charge on any atom is 0.407 e. The van der Waals surface area contributed by atoms with E-state index in [1.54, 1.807) is 0 Å². The zero-order valence-electron chi connectivity index (χ0n) is 19.6. The highest BCUT2D eigenvalue weighted by atomic mass is 19.1. The average Bonchev–Trinajstić information content (AvgIpc) is 3.11. The normalized spacial score (nSPS) is 14.9. The number of nitrogens with zero attached hydrogens (tertiary/aromatic N) is 2. The number of benzene rings is 2. The number of amides is 2. The molecule has 1 atom stereocenters. The monoisotopic (exact) mass is 494 g/mol. The van der Waals surface area contributed by atoms with Gasteiger partial charge < -0.3 is 20.5 Å². The number of aromatic nitrogens is 2. The van der Waals surface area contributed by atoms with Gasteiger partial charge in [-0.05, 0) is 42.0 Å². The molecule has 36 heavy (non-hydrogen) atoms. The van der Waals surface area contributed by atoms with Crippen LogP contribution in [0, 0.1) is 11.7 Å². The standard InChI is InChI=1S/C26H27FN4O5/c27-20-9-6-17(7-10-20)14-28-24(33)22-23(32)25(34)31-13-12-18(8-11-21(31)30-22)15-29-26(35)36-16-19-4-2-1-3-5-19/h1-7,9-10,18,32H,8,11-16H2,(H,28,33)(H,29,35). The highest BCUT2D eigenvalue weighted by molar-refractivity contribution is 5.94. The molecule has 0 saturated carbocycles. The maximum atomic E-state index is 13.1. The zero-order valence-corrected chi connectivity index (χ0v) is 19.6. The first-order chi connectivity index (χ1) is 17.4. The van der Waals surface area contributed by atoms with Gasteiger partial charge in [-0.3, -0.25) is 14.2 Å². The van der Waals surface area contributed by atoms with E-state index in [4.69, 9.17) is 4.74 Å². The van der Waals surface area contributed by atoms with E-state index >= 15 is 0 Å². The van der Waals surface area contributed by atoms with E-state index in [9.17, 15) is 23.9 Å². The fourth-order valence-corrected chi connectivity index (χ4v) is 4.03. The van der Waals surface area contributed by atoms with Gasteiger partial charge in [0.2, 0.25) is 5.75 Å². The van der Waals surface area contributed by atoms with Gasteiger partial charge >= 0.3 is 6.09 Å². The predicted octanol–water partition coefficient (Wildman–Crippen LogP) is 2.90. The third kappa shape index (κ3) is 6.26. The van der Waals surface area contributed by atoms with Crippen molar-refractivity contribution in [3.8, 4) is 5.75 Å². The van der Waals surface area contributed by atoms with Gasteiger partial charge in [0.25, 0.3) is 11.5 Å². The van der Waals surface area contributed by atoms with Gasteiger partial charge in [-0.2, -0.15) is 0 Å². The molecule has 0 aliphatic carbocycles. The van der Waals surface area contributed by atoms with Crippen LogP contribution in [-0.4, -0.2) is 33.2 Å². The molecule has 188 valence electrons. The van der Waals surface area contributed by atoms with E-state index < -0.39 is 23.3 Å². The number of halogens is 1. The second kappa shape index (κ2) is 11.5. The van der Waals surface area contributed by atoms with Crippen molar-refractivity contribution < 1.29 is 23.8 Å². The number of fused-ring (bicyclic) bond motifs is 1. The van der Waals surface area contributed by atoms with Crippen molar-refractivity contribution in [2.75, 3.05) is 6.54 Å². The smallest absolute Gasteiger partial charge is 0.407 e. The minimum Gasteiger partial charge on any atom is -0.501 e. The van der Waals surface area contributed by atoms with Crippen molar-refractivity contribution in [1.29, 1.82) is 0 Å². The number of rotatable bonds is 7. The van der Waals surface area contributed by atoms with Crippen LogP contribution >= 0.6 is 0 Å². The minimum absolute atomic E-state index is 0.0632. The summed E-state index contributed by atoms with van der Waals surface area (Å²) in [6.07, 6.45) is 1.10. The third-order valence-electron chi connectivity index (χ3n) is 6.09. The van der Waals surface area contributed by atoms with Crippen molar-refractivity contribution in [3.63, 3.8) is 0 Å². The molecule has 1 unspecified atom stereocenters. The van der Waals surface area contributed by atoms with E-state index in [-0.39, 0.29) is 30.6 Å². The Bertz CT molecular complexity index is 1280. The first-order valence-corrected chi connectivity index (χ1v) is 11.7. The molecule has 2 heterocycles. The molecule has 9 nitrogen and oxygen atoms in total. The number of ether oxygens (including phenoxy) is 1. The van der Waals surface area contributed by atoms with Crippen LogP contribution in [0.25, 0.3) is 0 Å². The number of hydrogen-bond donors (Lipinski definition) is 3. The van der Waals surface area contributed by atoms with E-state index in [1.165, 1.54) is 28.8 Å². The van der Waals surface area contributed by atoms with Crippen LogP contribution < -0.4 is 16.2 Å². The van der Waals surface area contributed by atoms with E-state index in [0.717, 1.165) is 5.56 Å². The molecule has 0 spiro atoms. The van der Waals surface area contributed by atoms with E-state index in [0.29, 0.717) is 43.7 Å². The predicted molar refractivity (Wildman–Crippen MR) is 129 cm³/mol. The van der Waals surface area contributed by atoms with Crippen LogP contribution in [0.3, 0.4) is 0 Å². The number of nitrogens with one attached hydrogen (secondary N) is 2. The Hall–Kier alpha value is -4.21. The molecule has 0 radical (unpaired) electrons. The number of aromatic hydroxyl groups is 1. The van der Waals surface area contributed by atoms with Crippen molar-refractivity contribution in [1.82, 2.24) is 20.2 Å². The Morgan fingerprint density at radius 3 is 2.56 bits per heavy atom. The molecule has 0 bridgehead atoms. The molecule has 3 N–H and O–H groups in total. The molecule has 3 aromatic rings. The topological polar surface area (TPSA) is 123 Å². The highest BCUT2D eigenvalue weighted by Crippen LogP contribution is 2.20. The Balaban J connectivity index is 1.33. The number of carbonyl (C=O) groups is 2. The fraction of sp³-hybridized carbons (Fsp3) is 0.308. The van der Waals surface area contributed by atoms with Gasteiger partial charge in [-0.15, -0.1) is 0 Å². The lowest BCUT2D eigenvalue weighted by atomic mass is 10.0. The summed E-state index contributed by atoms with van der Waals surface area (Å²) in [5.41, 5.74) is 0.533. The minimum atomic E-state index is -0.712. The van der Waals surface area contributed by atoms with Crippen LogP contribution in [-0.2, 0) is 30.9 Å². The Morgan fingerprint density at radius 1 is 1.06 bits per heavy atom. The van der Waals surface area contributed by atoms with Gasteiger partial charge in [-0.1, -0.05) is 42.5 Å². The van der Waals surface area contributed by atoms with Crippen molar-refractivity contribution in [2.45, 2.75) is 39.0 Å². The molecule has 2 amide bonds. The number of aryl methyl sites for hydroxylation is 1. The first-order valence-electron chi connectivity index (χ1n) is 11.7. The van der Waals surface area contributed by atoms with Crippen LogP contribution in [0.4, 0.5) is 9.18 Å². The fourth-order valence-electron chi connectivity index (χ4n) is 4.03. The summed E-state index contributed by atoms with van der Waals surface area (Å²) < 4.78 is 19.7. The summed E-state index contributed by atoms with van der Waals surface area (Å²) in [4.78, 5) is 41.7. The highest BCUT2D eigenvalue weighted by Gasteiger charge is 2.25. The third-order valence-corrected chi connectivity index (χ3v) is 6.09. The van der Waals surface area contributed by atoms with Crippen LogP contribution in [0.2, 0.25) is 0 Å². The Labute approximate surface area is 206 Å². The molecule has 0 saturated heterocycles. The van der Waals surface area contributed by atoms with Crippen LogP contribution in [0.1, 0.15) is 40.3 Å².